The Morgan fingerprint density at radius 3 is 1.97 bits per heavy atom. The third-order valence-corrected chi connectivity index (χ3v) is 4.40. The summed E-state index contributed by atoms with van der Waals surface area (Å²) >= 11 is 0. The highest BCUT2D eigenvalue weighted by Crippen LogP contribution is 2.39. The molecule has 0 aliphatic heterocycles. The Kier molecular flexibility index (Phi) is 6.20. The van der Waals surface area contributed by atoms with Crippen LogP contribution in [0.2, 0.25) is 0 Å². The van der Waals surface area contributed by atoms with E-state index in [-0.39, 0.29) is 20.4 Å². The van der Waals surface area contributed by atoms with E-state index in [4.69, 9.17) is 0 Å². The van der Waals surface area contributed by atoms with Crippen molar-refractivity contribution in [3.8, 4) is 5.75 Å². The topological polar surface area (TPSA) is 62.5 Å². The van der Waals surface area contributed by atoms with Crippen LogP contribution in [0.5, 0.6) is 5.75 Å². The largest absolute Gasteiger partial charge is 0.508 e. The van der Waals surface area contributed by atoms with Crippen molar-refractivity contribution < 1.29 is 58.6 Å². The minimum Gasteiger partial charge on any atom is -0.508 e. The predicted octanol–water partition coefficient (Wildman–Crippen LogP) is 4.38. The molecule has 0 saturated carbocycles. The molecule has 2 rings (SSSR count). The second-order valence-electron chi connectivity index (χ2n) is 6.65. The normalized spacial score (nSPS) is 13.5. The standard InChI is InChI=1S/C17H12F10N2O3/c1-28(12(31)14(18,19)16(22,23)24)5-4-8-7-29(11-3-2-9(30)6-10(8)11)13(32)15(20,21)17(25,26)27/h2-3,6-7,30H,4-5H2,1H3. The fourth-order valence-corrected chi connectivity index (χ4v) is 2.68. The summed E-state index contributed by atoms with van der Waals surface area (Å²) in [6.45, 7) is -0.858. The van der Waals surface area contributed by atoms with E-state index in [0.717, 1.165) is 18.2 Å². The van der Waals surface area contributed by atoms with Gasteiger partial charge in [0.05, 0.1) is 5.52 Å². The molecule has 1 amide bonds. The van der Waals surface area contributed by atoms with Gasteiger partial charge in [0.2, 0.25) is 0 Å². The number of benzene rings is 1. The van der Waals surface area contributed by atoms with Crippen LogP contribution in [0, 0.1) is 0 Å². The quantitative estimate of drug-likeness (QED) is 0.644. The molecule has 0 fully saturated rings. The smallest absolute Gasteiger partial charge is 0.463 e. The molecule has 2 aromatic rings. The second kappa shape index (κ2) is 7.85. The Morgan fingerprint density at radius 1 is 0.938 bits per heavy atom. The number of aromatic nitrogens is 1. The van der Waals surface area contributed by atoms with Crippen LogP contribution in [-0.4, -0.2) is 64.2 Å². The third-order valence-electron chi connectivity index (χ3n) is 4.40. The minimum absolute atomic E-state index is 0.0222. The van der Waals surface area contributed by atoms with Gasteiger partial charge < -0.3 is 10.0 Å². The number of nitrogens with zero attached hydrogens (tertiary/aromatic N) is 2. The van der Waals surface area contributed by atoms with E-state index < -0.39 is 60.2 Å². The van der Waals surface area contributed by atoms with Crippen LogP contribution >= 0.6 is 0 Å². The second-order valence-corrected chi connectivity index (χ2v) is 6.65. The maximum Gasteiger partial charge on any atom is 0.463 e. The average molecular weight is 482 g/mol. The number of likely N-dealkylation sites (N-methyl/N-ethyl adjacent to an activating group) is 1. The van der Waals surface area contributed by atoms with E-state index in [9.17, 15) is 58.6 Å². The first-order valence-corrected chi connectivity index (χ1v) is 8.34. The summed E-state index contributed by atoms with van der Waals surface area (Å²) in [6.07, 6.45) is -12.6. The molecule has 1 heterocycles. The first-order valence-electron chi connectivity index (χ1n) is 8.34. The molecule has 0 bridgehead atoms. The molecule has 1 N–H and O–H groups in total. The number of hydrogen-bond acceptors (Lipinski definition) is 3. The van der Waals surface area contributed by atoms with Gasteiger partial charge in [-0.25, -0.2) is 0 Å². The molecular formula is C17H12F10N2O3. The van der Waals surface area contributed by atoms with Gasteiger partial charge in [-0.15, -0.1) is 0 Å². The van der Waals surface area contributed by atoms with Crippen LogP contribution in [0.25, 0.3) is 10.9 Å². The summed E-state index contributed by atoms with van der Waals surface area (Å²) in [5.41, 5.74) is -0.807. The minimum atomic E-state index is -6.24. The van der Waals surface area contributed by atoms with Crippen molar-refractivity contribution in [2.24, 2.45) is 0 Å². The fourth-order valence-electron chi connectivity index (χ4n) is 2.68. The number of rotatable bonds is 5. The van der Waals surface area contributed by atoms with Crippen LogP contribution in [0.15, 0.2) is 24.4 Å². The van der Waals surface area contributed by atoms with Crippen molar-refractivity contribution >= 4 is 22.7 Å². The molecule has 0 unspecified atom stereocenters. The van der Waals surface area contributed by atoms with Crippen molar-refractivity contribution in [2.45, 2.75) is 30.6 Å². The molecule has 0 saturated heterocycles. The van der Waals surface area contributed by atoms with E-state index in [1.54, 1.807) is 0 Å². The molecule has 5 nitrogen and oxygen atoms in total. The van der Waals surface area contributed by atoms with Crippen LogP contribution in [0.1, 0.15) is 10.4 Å². The molecule has 178 valence electrons. The van der Waals surface area contributed by atoms with Gasteiger partial charge in [-0.2, -0.15) is 43.9 Å². The van der Waals surface area contributed by atoms with Gasteiger partial charge in [-0.3, -0.25) is 14.2 Å². The SMILES string of the molecule is CN(CCc1cn(C(=O)C(F)(F)C(F)(F)F)c2ccc(O)cc12)C(=O)C(F)(F)C(F)(F)F. The fraction of sp³-hybridized carbons (Fsp3) is 0.412. The molecule has 1 aromatic carbocycles. The maximum absolute atomic E-state index is 13.5. The summed E-state index contributed by atoms with van der Waals surface area (Å²) < 4.78 is 128. The third kappa shape index (κ3) is 4.32. The lowest BCUT2D eigenvalue weighted by atomic mass is 10.1. The van der Waals surface area contributed by atoms with Crippen LogP contribution in [-0.2, 0) is 11.2 Å². The summed E-state index contributed by atoms with van der Waals surface area (Å²) in [6, 6.07) is 2.54. The van der Waals surface area contributed by atoms with Gasteiger partial charge >= 0.3 is 36.0 Å². The highest BCUT2D eigenvalue weighted by Gasteiger charge is 2.65. The number of hydrogen-bond donors (Lipinski definition) is 1. The van der Waals surface area contributed by atoms with Gasteiger partial charge in [-0.05, 0) is 30.2 Å². The van der Waals surface area contributed by atoms with E-state index >= 15 is 0 Å². The number of phenolic OH excluding ortho intramolecular Hbond substituents is 1. The van der Waals surface area contributed by atoms with Crippen molar-refractivity contribution in [1.29, 1.82) is 0 Å². The molecule has 0 spiro atoms. The molecule has 0 atom stereocenters. The van der Waals surface area contributed by atoms with Crippen molar-refractivity contribution in [3.63, 3.8) is 0 Å². The molecule has 1 aromatic heterocycles. The maximum atomic E-state index is 13.5. The van der Waals surface area contributed by atoms with Gasteiger partial charge in [-0.1, -0.05) is 0 Å². The number of carbonyl (C=O) groups is 2. The number of carbonyl (C=O) groups excluding carboxylic acids is 2. The lowest BCUT2D eigenvalue weighted by Crippen LogP contribution is -2.51. The Labute approximate surface area is 171 Å². The number of alkyl halides is 10. The zero-order valence-corrected chi connectivity index (χ0v) is 15.7. The van der Waals surface area contributed by atoms with Crippen molar-refractivity contribution in [1.82, 2.24) is 9.47 Å². The number of amides is 1. The molecule has 0 radical (unpaired) electrons. The molecule has 15 heteroatoms. The highest BCUT2D eigenvalue weighted by molar-refractivity contribution is 5.98. The van der Waals surface area contributed by atoms with Gasteiger partial charge in [0.1, 0.15) is 5.75 Å². The lowest BCUT2D eigenvalue weighted by Gasteiger charge is -2.24. The number of aromatic hydroxyl groups is 1. The predicted molar refractivity (Wildman–Crippen MR) is 87.6 cm³/mol. The van der Waals surface area contributed by atoms with Gasteiger partial charge in [0, 0.05) is 25.2 Å². The van der Waals surface area contributed by atoms with Crippen molar-refractivity contribution in [3.05, 3.63) is 30.0 Å². The Balaban J connectivity index is 2.41. The van der Waals surface area contributed by atoms with E-state index in [0.29, 0.717) is 13.2 Å². The molecule has 0 aliphatic rings. The summed E-state index contributed by atoms with van der Waals surface area (Å²) in [4.78, 5) is 23.3. The summed E-state index contributed by atoms with van der Waals surface area (Å²) in [5, 5.41) is 9.28. The van der Waals surface area contributed by atoms with Gasteiger partial charge in [0.15, 0.2) is 0 Å². The number of fused-ring (bicyclic) bond motifs is 1. The Morgan fingerprint density at radius 2 is 1.47 bits per heavy atom. The number of halogens is 10. The monoisotopic (exact) mass is 482 g/mol. The van der Waals surface area contributed by atoms with Crippen LogP contribution in [0.3, 0.4) is 0 Å². The Bertz CT molecular complexity index is 1040. The summed E-state index contributed by atoms with van der Waals surface area (Å²) in [5.74, 6) is -17.4. The van der Waals surface area contributed by atoms with E-state index in [1.165, 1.54) is 0 Å². The van der Waals surface area contributed by atoms with Crippen LogP contribution in [0.4, 0.5) is 43.9 Å². The summed E-state index contributed by atoms with van der Waals surface area (Å²) in [7, 11) is 0.585. The van der Waals surface area contributed by atoms with E-state index in [2.05, 4.69) is 0 Å². The molecule has 32 heavy (non-hydrogen) atoms. The zero-order valence-electron chi connectivity index (χ0n) is 15.7. The molecular weight excluding hydrogens is 470 g/mol. The Hall–Kier alpha value is -3.00. The average Bonchev–Trinajstić information content (AvgIpc) is 3.00. The highest BCUT2D eigenvalue weighted by atomic mass is 19.4. The first kappa shape index (κ1) is 25.3. The van der Waals surface area contributed by atoms with E-state index in [1.807, 2.05) is 0 Å². The number of phenols is 1. The van der Waals surface area contributed by atoms with Gasteiger partial charge in [0.25, 0.3) is 0 Å². The molecule has 0 aliphatic carbocycles. The first-order chi connectivity index (χ1) is 14.3. The van der Waals surface area contributed by atoms with Crippen molar-refractivity contribution in [2.75, 3.05) is 13.6 Å². The lowest BCUT2D eigenvalue weighted by molar-refractivity contribution is -0.273. The van der Waals surface area contributed by atoms with Crippen LogP contribution < -0.4 is 0 Å². The zero-order chi connectivity index (χ0) is 24.9.